The second-order valence-corrected chi connectivity index (χ2v) is 5.50. The first kappa shape index (κ1) is 12.4. The number of imidazole rings is 2. The third-order valence-electron chi connectivity index (χ3n) is 3.79. The second-order valence-electron chi connectivity index (χ2n) is 5.09. The Morgan fingerprint density at radius 2 is 2.05 bits per heavy atom. The fraction of sp³-hybridized carbons (Fsp3) is 0.125. The standard InChI is InChI=1S/C16H13ClN4/c1-11-15(9-20-8-6-18-10-20)21-7-5-12-13(16(21)19-11)3-2-4-14(12)17/h2-8,10H,9H2,1H3. The highest BCUT2D eigenvalue weighted by molar-refractivity contribution is 6.35. The SMILES string of the molecule is Cc1nc2c3cccc(Cl)c3ccn2c1Cn1ccnc1. The summed E-state index contributed by atoms with van der Waals surface area (Å²) in [6.07, 6.45) is 7.59. The van der Waals surface area contributed by atoms with Crippen LogP contribution in [0.5, 0.6) is 0 Å². The maximum absolute atomic E-state index is 6.27. The Morgan fingerprint density at radius 3 is 2.86 bits per heavy atom. The number of aryl methyl sites for hydroxylation is 1. The van der Waals surface area contributed by atoms with E-state index in [4.69, 9.17) is 16.6 Å². The van der Waals surface area contributed by atoms with Gasteiger partial charge in [0.2, 0.25) is 0 Å². The van der Waals surface area contributed by atoms with Crippen LogP contribution in [0.3, 0.4) is 0 Å². The molecule has 1 aromatic carbocycles. The quantitative estimate of drug-likeness (QED) is 0.565. The van der Waals surface area contributed by atoms with E-state index in [1.807, 2.05) is 48.4 Å². The molecule has 3 heterocycles. The largest absolute Gasteiger partial charge is 0.331 e. The molecular weight excluding hydrogens is 284 g/mol. The minimum atomic E-state index is 0.749. The Balaban J connectivity index is 1.99. The molecule has 4 rings (SSSR count). The molecule has 0 aliphatic rings. The van der Waals surface area contributed by atoms with Crippen LogP contribution in [0.15, 0.2) is 49.2 Å². The maximum atomic E-state index is 6.27. The molecule has 3 aromatic heterocycles. The first-order chi connectivity index (χ1) is 10.2. The van der Waals surface area contributed by atoms with Crippen LogP contribution in [-0.4, -0.2) is 18.9 Å². The van der Waals surface area contributed by atoms with Gasteiger partial charge in [0.05, 0.1) is 24.3 Å². The van der Waals surface area contributed by atoms with E-state index in [1.54, 1.807) is 6.20 Å². The van der Waals surface area contributed by atoms with Crippen LogP contribution in [0, 0.1) is 6.92 Å². The molecule has 0 bridgehead atoms. The first-order valence-electron chi connectivity index (χ1n) is 6.74. The summed E-state index contributed by atoms with van der Waals surface area (Å²) in [7, 11) is 0. The van der Waals surface area contributed by atoms with Crippen LogP contribution in [-0.2, 0) is 6.54 Å². The molecule has 5 heteroatoms. The number of pyridine rings is 1. The minimum absolute atomic E-state index is 0.749. The predicted molar refractivity (Wildman–Crippen MR) is 83.8 cm³/mol. The highest BCUT2D eigenvalue weighted by Gasteiger charge is 2.12. The van der Waals surface area contributed by atoms with E-state index in [0.29, 0.717) is 0 Å². The van der Waals surface area contributed by atoms with Crippen LogP contribution in [0.1, 0.15) is 11.4 Å². The summed E-state index contributed by atoms with van der Waals surface area (Å²) in [6.45, 7) is 2.79. The third kappa shape index (κ3) is 1.91. The first-order valence-corrected chi connectivity index (χ1v) is 7.12. The summed E-state index contributed by atoms with van der Waals surface area (Å²) >= 11 is 6.27. The number of nitrogens with zero attached hydrogens (tertiary/aromatic N) is 4. The van der Waals surface area contributed by atoms with Crippen molar-refractivity contribution in [2.75, 3.05) is 0 Å². The topological polar surface area (TPSA) is 35.1 Å². The normalized spacial score (nSPS) is 11.5. The lowest BCUT2D eigenvalue weighted by Gasteiger charge is -2.06. The molecule has 0 radical (unpaired) electrons. The van der Waals surface area contributed by atoms with E-state index < -0.39 is 0 Å². The smallest absolute Gasteiger partial charge is 0.145 e. The molecule has 0 atom stereocenters. The van der Waals surface area contributed by atoms with Crippen molar-refractivity contribution in [2.24, 2.45) is 0 Å². The zero-order valence-corrected chi connectivity index (χ0v) is 12.2. The van der Waals surface area contributed by atoms with Gasteiger partial charge in [0, 0.05) is 34.4 Å². The lowest BCUT2D eigenvalue weighted by atomic mass is 10.2. The summed E-state index contributed by atoms with van der Waals surface area (Å²) in [5.74, 6) is 0. The van der Waals surface area contributed by atoms with Crippen LogP contribution >= 0.6 is 11.6 Å². The average Bonchev–Trinajstić information content (AvgIpc) is 3.09. The summed E-state index contributed by atoms with van der Waals surface area (Å²) < 4.78 is 4.17. The number of rotatable bonds is 2. The Labute approximate surface area is 126 Å². The lowest BCUT2D eigenvalue weighted by molar-refractivity contribution is 0.759. The van der Waals surface area contributed by atoms with Crippen molar-refractivity contribution in [1.29, 1.82) is 0 Å². The number of fused-ring (bicyclic) bond motifs is 3. The highest BCUT2D eigenvalue weighted by atomic mass is 35.5. The van der Waals surface area contributed by atoms with E-state index >= 15 is 0 Å². The molecule has 0 saturated heterocycles. The van der Waals surface area contributed by atoms with Crippen molar-refractivity contribution >= 4 is 28.0 Å². The summed E-state index contributed by atoms with van der Waals surface area (Å²) in [6, 6.07) is 7.97. The van der Waals surface area contributed by atoms with E-state index in [1.165, 1.54) is 0 Å². The molecule has 0 fully saturated rings. The molecule has 4 nitrogen and oxygen atoms in total. The van der Waals surface area contributed by atoms with Gasteiger partial charge in [-0.05, 0) is 19.1 Å². The fourth-order valence-electron chi connectivity index (χ4n) is 2.72. The maximum Gasteiger partial charge on any atom is 0.145 e. The van der Waals surface area contributed by atoms with Crippen molar-refractivity contribution in [1.82, 2.24) is 18.9 Å². The predicted octanol–water partition coefficient (Wildman–Crippen LogP) is 3.69. The Hall–Kier alpha value is -2.33. The van der Waals surface area contributed by atoms with Gasteiger partial charge in [-0.1, -0.05) is 23.7 Å². The van der Waals surface area contributed by atoms with Crippen LogP contribution in [0.25, 0.3) is 16.4 Å². The molecule has 0 unspecified atom stereocenters. The van der Waals surface area contributed by atoms with E-state index in [9.17, 15) is 0 Å². The number of halogens is 1. The van der Waals surface area contributed by atoms with E-state index in [2.05, 4.69) is 15.5 Å². The van der Waals surface area contributed by atoms with Gasteiger partial charge in [0.25, 0.3) is 0 Å². The zero-order valence-electron chi connectivity index (χ0n) is 11.5. The van der Waals surface area contributed by atoms with E-state index in [0.717, 1.165) is 39.4 Å². The average molecular weight is 297 g/mol. The molecule has 104 valence electrons. The summed E-state index contributed by atoms with van der Waals surface area (Å²) in [5, 5.41) is 2.86. The molecule has 0 N–H and O–H groups in total. The van der Waals surface area contributed by atoms with Crippen LogP contribution in [0.2, 0.25) is 5.02 Å². The van der Waals surface area contributed by atoms with Crippen LogP contribution in [0.4, 0.5) is 0 Å². The molecule has 0 saturated carbocycles. The highest BCUT2D eigenvalue weighted by Crippen LogP contribution is 2.27. The van der Waals surface area contributed by atoms with E-state index in [-0.39, 0.29) is 0 Å². The van der Waals surface area contributed by atoms with Crippen LogP contribution < -0.4 is 0 Å². The second kappa shape index (κ2) is 4.60. The Morgan fingerprint density at radius 1 is 1.14 bits per heavy atom. The third-order valence-corrected chi connectivity index (χ3v) is 4.12. The minimum Gasteiger partial charge on any atom is -0.331 e. The molecular formula is C16H13ClN4. The number of aromatic nitrogens is 4. The Kier molecular flexibility index (Phi) is 2.72. The molecule has 0 aliphatic heterocycles. The molecule has 21 heavy (non-hydrogen) atoms. The van der Waals surface area contributed by atoms with Gasteiger partial charge in [-0.2, -0.15) is 0 Å². The van der Waals surface area contributed by atoms with Crippen molar-refractivity contribution in [3.8, 4) is 0 Å². The van der Waals surface area contributed by atoms with Gasteiger partial charge >= 0.3 is 0 Å². The van der Waals surface area contributed by atoms with Crippen molar-refractivity contribution in [3.05, 3.63) is 65.6 Å². The fourth-order valence-corrected chi connectivity index (χ4v) is 2.96. The zero-order chi connectivity index (χ0) is 14.4. The van der Waals surface area contributed by atoms with Crippen molar-refractivity contribution < 1.29 is 0 Å². The Bertz CT molecular complexity index is 938. The number of benzene rings is 1. The number of hydrogen-bond donors (Lipinski definition) is 0. The van der Waals surface area contributed by atoms with Gasteiger partial charge in [-0.25, -0.2) is 9.97 Å². The molecule has 0 aliphatic carbocycles. The number of hydrogen-bond acceptors (Lipinski definition) is 2. The van der Waals surface area contributed by atoms with Gasteiger partial charge in [0.15, 0.2) is 0 Å². The monoisotopic (exact) mass is 296 g/mol. The van der Waals surface area contributed by atoms with Crippen molar-refractivity contribution in [2.45, 2.75) is 13.5 Å². The van der Waals surface area contributed by atoms with Gasteiger partial charge in [-0.15, -0.1) is 0 Å². The summed E-state index contributed by atoms with van der Waals surface area (Å²) in [4.78, 5) is 8.82. The molecule has 4 aromatic rings. The van der Waals surface area contributed by atoms with Gasteiger partial charge in [-0.3, -0.25) is 0 Å². The molecule has 0 spiro atoms. The summed E-state index contributed by atoms with van der Waals surface area (Å²) in [5.41, 5.74) is 3.13. The van der Waals surface area contributed by atoms with Gasteiger partial charge in [0.1, 0.15) is 5.65 Å². The van der Waals surface area contributed by atoms with Gasteiger partial charge < -0.3 is 8.97 Å². The molecule has 0 amide bonds. The lowest BCUT2D eigenvalue weighted by Crippen LogP contribution is -2.02. The van der Waals surface area contributed by atoms with Crippen molar-refractivity contribution in [3.63, 3.8) is 0 Å².